The average molecular weight is 277 g/mol. The molecule has 2 aliphatic rings. The molecule has 3 heteroatoms. The minimum Gasteiger partial charge on any atom is -0.303 e. The maximum Gasteiger partial charge on any atom is 0.139 e. The molecule has 2 saturated carbocycles. The molecule has 0 aromatic carbocycles. The fourth-order valence-corrected chi connectivity index (χ4v) is 4.95. The molecule has 3 nitrogen and oxygen atoms in total. The van der Waals surface area contributed by atoms with Gasteiger partial charge < -0.3 is 9.59 Å². The van der Waals surface area contributed by atoms with Gasteiger partial charge in [0, 0.05) is 24.2 Å². The molecule has 0 bridgehead atoms. The summed E-state index contributed by atoms with van der Waals surface area (Å²) in [5.74, 6) is 1.71. The van der Waals surface area contributed by atoms with E-state index in [-0.39, 0.29) is 16.7 Å². The van der Waals surface area contributed by atoms with E-state index in [4.69, 9.17) is 0 Å². The highest BCUT2D eigenvalue weighted by Crippen LogP contribution is 2.64. The van der Waals surface area contributed by atoms with Crippen molar-refractivity contribution in [2.24, 2.45) is 22.7 Å². The Morgan fingerprint density at radius 3 is 2.55 bits per heavy atom. The Morgan fingerprint density at radius 2 is 1.95 bits per heavy atom. The SMILES string of the molecule is C[C](C=O)C1CCC2CCC(=O)C2(C)[C@@]1(C)CCC=O. The first-order valence-electron chi connectivity index (χ1n) is 7.67. The Kier molecular flexibility index (Phi) is 4.17. The standard InChI is InChI=1S/C17H25O3/c1-12(11-19)14-7-5-13-6-8-15(20)17(13,3)16(14,2)9-4-10-18/h10-11,13-14H,4-9H2,1-3H3/t13?,14?,16-,17?/m0/s1. The van der Waals surface area contributed by atoms with Crippen molar-refractivity contribution in [2.45, 2.75) is 59.3 Å². The monoisotopic (exact) mass is 277 g/mol. The zero-order valence-electron chi connectivity index (χ0n) is 12.8. The van der Waals surface area contributed by atoms with Crippen LogP contribution in [-0.2, 0) is 14.4 Å². The molecule has 2 fully saturated rings. The highest BCUT2D eigenvalue weighted by Gasteiger charge is 2.62. The molecule has 0 aromatic rings. The van der Waals surface area contributed by atoms with Gasteiger partial charge >= 0.3 is 0 Å². The second-order valence-corrected chi connectivity index (χ2v) is 6.98. The third kappa shape index (κ3) is 1.97. The molecule has 1 radical (unpaired) electrons. The molecule has 4 atom stereocenters. The second-order valence-electron chi connectivity index (χ2n) is 6.98. The lowest BCUT2D eigenvalue weighted by atomic mass is 9.46. The average Bonchev–Trinajstić information content (AvgIpc) is 2.74. The molecule has 0 amide bonds. The van der Waals surface area contributed by atoms with Gasteiger partial charge in [-0.3, -0.25) is 4.79 Å². The van der Waals surface area contributed by atoms with Crippen LogP contribution < -0.4 is 0 Å². The van der Waals surface area contributed by atoms with Gasteiger partial charge in [-0.1, -0.05) is 20.8 Å². The second kappa shape index (κ2) is 5.42. The van der Waals surface area contributed by atoms with Crippen molar-refractivity contribution < 1.29 is 14.4 Å². The number of carbonyl (C=O) groups is 3. The molecule has 0 heterocycles. The lowest BCUT2D eigenvalue weighted by Gasteiger charge is -2.56. The van der Waals surface area contributed by atoms with E-state index in [1.165, 1.54) is 0 Å². The first-order valence-corrected chi connectivity index (χ1v) is 7.67. The molecule has 3 unspecified atom stereocenters. The summed E-state index contributed by atoms with van der Waals surface area (Å²) < 4.78 is 0. The molecule has 2 aliphatic carbocycles. The van der Waals surface area contributed by atoms with Crippen molar-refractivity contribution >= 4 is 18.4 Å². The van der Waals surface area contributed by atoms with Gasteiger partial charge in [-0.25, -0.2) is 0 Å². The maximum absolute atomic E-state index is 12.6. The Morgan fingerprint density at radius 1 is 1.25 bits per heavy atom. The third-order valence-electron chi connectivity index (χ3n) is 6.39. The van der Waals surface area contributed by atoms with Crippen LogP contribution in [0.25, 0.3) is 0 Å². The normalized spacial score (nSPS) is 40.7. The zero-order chi connectivity index (χ0) is 15.0. The number of hydrogen-bond donors (Lipinski definition) is 0. The summed E-state index contributed by atoms with van der Waals surface area (Å²) in [4.78, 5) is 34.7. The molecule has 0 spiro atoms. The van der Waals surface area contributed by atoms with Crippen LogP contribution >= 0.6 is 0 Å². The number of Topliss-reactive ketones (excluding diaryl/α,β-unsaturated/α-hetero) is 1. The summed E-state index contributed by atoms with van der Waals surface area (Å²) in [5, 5.41) is 0. The van der Waals surface area contributed by atoms with Crippen molar-refractivity contribution in [3.8, 4) is 0 Å². The zero-order valence-corrected chi connectivity index (χ0v) is 12.8. The number of ketones is 1. The molecule has 0 aromatic heterocycles. The van der Waals surface area contributed by atoms with Crippen molar-refractivity contribution in [1.29, 1.82) is 0 Å². The highest BCUT2D eigenvalue weighted by atomic mass is 16.1. The van der Waals surface area contributed by atoms with Crippen LogP contribution in [0.15, 0.2) is 0 Å². The number of fused-ring (bicyclic) bond motifs is 1. The van der Waals surface area contributed by atoms with Crippen LogP contribution in [0.3, 0.4) is 0 Å². The van der Waals surface area contributed by atoms with Crippen LogP contribution in [0.5, 0.6) is 0 Å². The van der Waals surface area contributed by atoms with Gasteiger partial charge in [0.2, 0.25) is 0 Å². The number of rotatable bonds is 5. The van der Waals surface area contributed by atoms with Gasteiger partial charge in [-0.05, 0) is 42.9 Å². The van der Waals surface area contributed by atoms with Crippen LogP contribution in [0, 0.1) is 28.6 Å². The van der Waals surface area contributed by atoms with Crippen LogP contribution in [0.2, 0.25) is 0 Å². The summed E-state index contributed by atoms with van der Waals surface area (Å²) in [6.07, 6.45) is 6.66. The molecule has 0 saturated heterocycles. The minimum atomic E-state index is -0.372. The molecule has 0 aliphatic heterocycles. The van der Waals surface area contributed by atoms with Gasteiger partial charge in [0.1, 0.15) is 18.4 Å². The molecule has 111 valence electrons. The van der Waals surface area contributed by atoms with Crippen molar-refractivity contribution in [1.82, 2.24) is 0 Å². The van der Waals surface area contributed by atoms with Crippen LogP contribution in [-0.4, -0.2) is 18.4 Å². The summed E-state index contributed by atoms with van der Waals surface area (Å²) >= 11 is 0. The predicted molar refractivity (Wildman–Crippen MR) is 76.9 cm³/mol. The van der Waals surface area contributed by atoms with Crippen molar-refractivity contribution in [3.05, 3.63) is 5.92 Å². The lowest BCUT2D eigenvalue weighted by molar-refractivity contribution is -0.145. The van der Waals surface area contributed by atoms with E-state index >= 15 is 0 Å². The Balaban J connectivity index is 2.44. The van der Waals surface area contributed by atoms with E-state index in [1.54, 1.807) is 0 Å². The maximum atomic E-state index is 12.6. The molecule has 2 rings (SSSR count). The van der Waals surface area contributed by atoms with Gasteiger partial charge in [-0.2, -0.15) is 0 Å². The highest BCUT2D eigenvalue weighted by molar-refractivity contribution is 5.88. The minimum absolute atomic E-state index is 0.128. The van der Waals surface area contributed by atoms with E-state index in [0.29, 0.717) is 31.0 Å². The van der Waals surface area contributed by atoms with Gasteiger partial charge in [0.05, 0.1) is 0 Å². The lowest BCUT2D eigenvalue weighted by Crippen LogP contribution is -2.54. The summed E-state index contributed by atoms with van der Waals surface area (Å²) in [7, 11) is 0. The summed E-state index contributed by atoms with van der Waals surface area (Å²) in [6.45, 7) is 6.09. The largest absolute Gasteiger partial charge is 0.303 e. The molecule has 0 N–H and O–H groups in total. The first-order chi connectivity index (χ1) is 9.41. The third-order valence-corrected chi connectivity index (χ3v) is 6.39. The van der Waals surface area contributed by atoms with E-state index in [1.807, 2.05) is 6.92 Å². The summed E-state index contributed by atoms with van der Waals surface area (Å²) in [5.41, 5.74) is -0.640. The topological polar surface area (TPSA) is 51.2 Å². The van der Waals surface area contributed by atoms with E-state index < -0.39 is 0 Å². The van der Waals surface area contributed by atoms with E-state index in [9.17, 15) is 14.4 Å². The van der Waals surface area contributed by atoms with Crippen LogP contribution in [0.1, 0.15) is 59.3 Å². The Labute approximate surface area is 121 Å². The number of carbonyl (C=O) groups excluding carboxylic acids is 3. The molecular formula is C17H25O3. The fraction of sp³-hybridized carbons (Fsp3) is 0.765. The summed E-state index contributed by atoms with van der Waals surface area (Å²) in [6, 6.07) is 0. The molecule has 20 heavy (non-hydrogen) atoms. The predicted octanol–water partition coefficient (Wildman–Crippen LogP) is 3.16. The number of aldehydes is 2. The van der Waals surface area contributed by atoms with Crippen molar-refractivity contribution in [3.63, 3.8) is 0 Å². The van der Waals surface area contributed by atoms with Crippen LogP contribution in [0.4, 0.5) is 0 Å². The van der Waals surface area contributed by atoms with Gasteiger partial charge in [0.25, 0.3) is 0 Å². The fourth-order valence-electron chi connectivity index (χ4n) is 4.95. The van der Waals surface area contributed by atoms with Crippen molar-refractivity contribution in [2.75, 3.05) is 0 Å². The van der Waals surface area contributed by atoms with E-state index in [0.717, 1.165) is 37.8 Å². The number of hydrogen-bond acceptors (Lipinski definition) is 3. The molecular weight excluding hydrogens is 252 g/mol. The smallest absolute Gasteiger partial charge is 0.139 e. The first kappa shape index (κ1) is 15.4. The van der Waals surface area contributed by atoms with Gasteiger partial charge in [0.15, 0.2) is 0 Å². The quantitative estimate of drug-likeness (QED) is 0.725. The Hall–Kier alpha value is -0.990. The Bertz CT molecular complexity index is 416. The van der Waals surface area contributed by atoms with Gasteiger partial charge in [-0.15, -0.1) is 0 Å². The van der Waals surface area contributed by atoms with E-state index in [2.05, 4.69) is 13.8 Å².